The third-order valence-electron chi connectivity index (χ3n) is 1.88. The molecule has 2 rings (SSSR count). The number of nitrogens with zero attached hydrogens (tertiary/aromatic N) is 1. The van der Waals surface area contributed by atoms with Crippen LogP contribution in [-0.4, -0.2) is 4.98 Å². The van der Waals surface area contributed by atoms with E-state index in [9.17, 15) is 0 Å². The minimum Gasteiger partial charge on any atom is -0.439 e. The van der Waals surface area contributed by atoms with Crippen LogP contribution in [0.5, 0.6) is 0 Å². The summed E-state index contributed by atoms with van der Waals surface area (Å²) in [4.78, 5) is 4.31. The van der Waals surface area contributed by atoms with E-state index in [2.05, 4.69) is 11.9 Å². The maximum Gasteiger partial charge on any atom is 0.195 e. The molecule has 0 aliphatic carbocycles. The number of benzene rings is 1. The van der Waals surface area contributed by atoms with Crippen molar-refractivity contribution in [3.05, 3.63) is 29.1 Å². The first-order chi connectivity index (χ1) is 6.31. The summed E-state index contributed by atoms with van der Waals surface area (Å²) in [6, 6.07) is 5.59. The predicted octanol–water partition coefficient (Wildman–Crippen LogP) is 3.43. The van der Waals surface area contributed by atoms with Crippen LogP contribution >= 0.6 is 11.6 Å². The largest absolute Gasteiger partial charge is 0.439 e. The highest BCUT2D eigenvalue weighted by Gasteiger charge is 2.06. The van der Waals surface area contributed by atoms with Gasteiger partial charge in [-0.3, -0.25) is 0 Å². The Morgan fingerprint density at radius 3 is 3.00 bits per heavy atom. The van der Waals surface area contributed by atoms with Crippen LogP contribution in [0.25, 0.3) is 11.1 Å². The standard InChI is InChI=1S/C10H10ClNO/c1-2-4-9-12-8-6-3-5-7(11)10(8)13-9/h3,5-6H,2,4H2,1H3. The molecule has 0 unspecified atom stereocenters. The molecule has 1 aromatic carbocycles. The van der Waals surface area contributed by atoms with Crippen molar-refractivity contribution < 1.29 is 4.42 Å². The molecule has 0 radical (unpaired) electrons. The van der Waals surface area contributed by atoms with Crippen molar-refractivity contribution in [2.45, 2.75) is 19.8 Å². The first-order valence-electron chi connectivity index (χ1n) is 4.35. The summed E-state index contributed by atoms with van der Waals surface area (Å²) in [5.74, 6) is 0.769. The third-order valence-corrected chi connectivity index (χ3v) is 2.17. The maximum absolute atomic E-state index is 5.94. The number of aryl methyl sites for hydroxylation is 1. The molecule has 13 heavy (non-hydrogen) atoms. The topological polar surface area (TPSA) is 26.0 Å². The molecule has 0 amide bonds. The van der Waals surface area contributed by atoms with Crippen molar-refractivity contribution in [1.82, 2.24) is 4.98 Å². The summed E-state index contributed by atoms with van der Waals surface area (Å²) in [7, 11) is 0. The molecule has 68 valence electrons. The lowest BCUT2D eigenvalue weighted by atomic mass is 10.3. The van der Waals surface area contributed by atoms with Gasteiger partial charge in [0.2, 0.25) is 0 Å². The fraction of sp³-hybridized carbons (Fsp3) is 0.300. The summed E-state index contributed by atoms with van der Waals surface area (Å²) < 4.78 is 5.50. The number of rotatable bonds is 2. The van der Waals surface area contributed by atoms with Gasteiger partial charge in [-0.05, 0) is 18.6 Å². The predicted molar refractivity (Wildman–Crippen MR) is 53.0 cm³/mol. The van der Waals surface area contributed by atoms with Crippen LogP contribution in [-0.2, 0) is 6.42 Å². The Morgan fingerprint density at radius 1 is 1.46 bits per heavy atom. The molecular weight excluding hydrogens is 186 g/mol. The van der Waals surface area contributed by atoms with Crippen LogP contribution in [0, 0.1) is 0 Å². The average Bonchev–Trinajstić information content (AvgIpc) is 2.49. The smallest absolute Gasteiger partial charge is 0.195 e. The van der Waals surface area contributed by atoms with Crippen LogP contribution in [0.4, 0.5) is 0 Å². The third kappa shape index (κ3) is 1.54. The van der Waals surface area contributed by atoms with Gasteiger partial charge in [-0.1, -0.05) is 24.6 Å². The monoisotopic (exact) mass is 195 g/mol. The quantitative estimate of drug-likeness (QED) is 0.734. The number of hydrogen-bond donors (Lipinski definition) is 0. The second-order valence-corrected chi connectivity index (χ2v) is 3.35. The first kappa shape index (κ1) is 8.57. The van der Waals surface area contributed by atoms with E-state index in [1.807, 2.05) is 18.2 Å². The molecule has 0 fully saturated rings. The molecular formula is C10H10ClNO. The van der Waals surface area contributed by atoms with E-state index in [1.165, 1.54) is 0 Å². The van der Waals surface area contributed by atoms with E-state index in [4.69, 9.17) is 16.0 Å². The molecule has 1 heterocycles. The molecule has 3 heteroatoms. The van der Waals surface area contributed by atoms with Gasteiger partial charge in [0, 0.05) is 6.42 Å². The summed E-state index contributed by atoms with van der Waals surface area (Å²) in [5.41, 5.74) is 1.54. The Kier molecular flexibility index (Phi) is 2.23. The van der Waals surface area contributed by atoms with Gasteiger partial charge >= 0.3 is 0 Å². The number of fused-ring (bicyclic) bond motifs is 1. The van der Waals surface area contributed by atoms with Crippen LogP contribution in [0.2, 0.25) is 5.02 Å². The number of halogens is 1. The Bertz CT molecular complexity index is 422. The molecule has 0 N–H and O–H groups in total. The van der Waals surface area contributed by atoms with Gasteiger partial charge in [-0.2, -0.15) is 0 Å². The lowest BCUT2D eigenvalue weighted by molar-refractivity contribution is 0.525. The zero-order valence-electron chi connectivity index (χ0n) is 7.38. The highest BCUT2D eigenvalue weighted by atomic mass is 35.5. The molecule has 0 aliphatic heterocycles. The van der Waals surface area contributed by atoms with Gasteiger partial charge in [0.1, 0.15) is 5.52 Å². The molecule has 0 saturated heterocycles. The van der Waals surface area contributed by atoms with E-state index in [1.54, 1.807) is 0 Å². The van der Waals surface area contributed by atoms with Gasteiger partial charge in [0.05, 0.1) is 5.02 Å². The number of para-hydroxylation sites is 1. The molecule has 0 saturated carbocycles. The summed E-state index contributed by atoms with van der Waals surface area (Å²) >= 11 is 5.94. The second kappa shape index (κ2) is 3.38. The summed E-state index contributed by atoms with van der Waals surface area (Å²) in [6.07, 6.45) is 1.90. The maximum atomic E-state index is 5.94. The first-order valence-corrected chi connectivity index (χ1v) is 4.73. The van der Waals surface area contributed by atoms with E-state index in [0.29, 0.717) is 10.6 Å². The van der Waals surface area contributed by atoms with Gasteiger partial charge in [-0.25, -0.2) is 4.98 Å². The Labute approximate surface area is 81.5 Å². The van der Waals surface area contributed by atoms with Crippen molar-refractivity contribution in [1.29, 1.82) is 0 Å². The zero-order valence-corrected chi connectivity index (χ0v) is 8.14. The Hall–Kier alpha value is -1.02. The van der Waals surface area contributed by atoms with Crippen LogP contribution in [0.3, 0.4) is 0 Å². The van der Waals surface area contributed by atoms with Gasteiger partial charge in [0.25, 0.3) is 0 Å². The van der Waals surface area contributed by atoms with Crippen LogP contribution in [0.15, 0.2) is 22.6 Å². The van der Waals surface area contributed by atoms with Crippen molar-refractivity contribution in [2.24, 2.45) is 0 Å². The fourth-order valence-electron chi connectivity index (χ4n) is 1.28. The van der Waals surface area contributed by atoms with E-state index < -0.39 is 0 Å². The number of aromatic nitrogens is 1. The van der Waals surface area contributed by atoms with Crippen molar-refractivity contribution >= 4 is 22.7 Å². The molecule has 0 spiro atoms. The lowest BCUT2D eigenvalue weighted by Gasteiger charge is -1.88. The highest BCUT2D eigenvalue weighted by molar-refractivity contribution is 6.34. The molecule has 2 aromatic rings. The molecule has 0 bridgehead atoms. The second-order valence-electron chi connectivity index (χ2n) is 2.95. The molecule has 0 atom stereocenters. The normalized spacial score (nSPS) is 10.9. The highest BCUT2D eigenvalue weighted by Crippen LogP contribution is 2.24. The van der Waals surface area contributed by atoms with Crippen molar-refractivity contribution in [3.63, 3.8) is 0 Å². The van der Waals surface area contributed by atoms with Crippen molar-refractivity contribution in [3.8, 4) is 0 Å². The van der Waals surface area contributed by atoms with Crippen LogP contribution in [0.1, 0.15) is 19.2 Å². The lowest BCUT2D eigenvalue weighted by Crippen LogP contribution is -1.79. The fourth-order valence-corrected chi connectivity index (χ4v) is 1.49. The Balaban J connectivity index is 2.55. The van der Waals surface area contributed by atoms with E-state index >= 15 is 0 Å². The minimum atomic E-state index is 0.632. The average molecular weight is 196 g/mol. The molecule has 1 aromatic heterocycles. The molecule has 2 nitrogen and oxygen atoms in total. The van der Waals surface area contributed by atoms with Gasteiger partial charge in [-0.15, -0.1) is 0 Å². The van der Waals surface area contributed by atoms with Crippen LogP contribution < -0.4 is 0 Å². The van der Waals surface area contributed by atoms with Gasteiger partial charge < -0.3 is 4.42 Å². The Morgan fingerprint density at radius 2 is 2.31 bits per heavy atom. The van der Waals surface area contributed by atoms with Gasteiger partial charge in [0.15, 0.2) is 11.5 Å². The zero-order chi connectivity index (χ0) is 9.26. The van der Waals surface area contributed by atoms with E-state index in [-0.39, 0.29) is 0 Å². The number of oxazole rings is 1. The summed E-state index contributed by atoms with van der Waals surface area (Å²) in [5, 5.41) is 0.632. The molecule has 0 aliphatic rings. The van der Waals surface area contributed by atoms with E-state index in [0.717, 1.165) is 24.2 Å². The number of hydrogen-bond acceptors (Lipinski definition) is 2. The van der Waals surface area contributed by atoms with Crippen molar-refractivity contribution in [2.75, 3.05) is 0 Å². The summed E-state index contributed by atoms with van der Waals surface area (Å²) in [6.45, 7) is 2.09. The SMILES string of the molecule is CCCc1nc2cccc(Cl)c2o1. The minimum absolute atomic E-state index is 0.632.